The van der Waals surface area contributed by atoms with E-state index < -0.39 is 17.9 Å². The van der Waals surface area contributed by atoms with E-state index in [1.807, 2.05) is 6.92 Å². The van der Waals surface area contributed by atoms with E-state index in [1.165, 1.54) is 20.3 Å². The van der Waals surface area contributed by atoms with Crippen LogP contribution in [0.5, 0.6) is 17.2 Å². The van der Waals surface area contributed by atoms with Crippen LogP contribution >= 0.6 is 0 Å². The minimum atomic E-state index is -1.26. The lowest BCUT2D eigenvalue weighted by molar-refractivity contribution is -0.306. The molecule has 2 aromatic carbocycles. The van der Waals surface area contributed by atoms with Crippen molar-refractivity contribution in [3.8, 4) is 17.2 Å². The summed E-state index contributed by atoms with van der Waals surface area (Å²) in [5.74, 6) is -0.108. The first-order valence-corrected chi connectivity index (χ1v) is 8.94. The molecule has 7 heteroatoms. The first-order valence-electron chi connectivity index (χ1n) is 8.94. The summed E-state index contributed by atoms with van der Waals surface area (Å²) in [4.78, 5) is 23.8. The van der Waals surface area contributed by atoms with E-state index in [0.29, 0.717) is 35.0 Å². The summed E-state index contributed by atoms with van der Waals surface area (Å²) in [5.41, 5.74) is 0.964. The molecule has 150 valence electrons. The first-order chi connectivity index (χ1) is 13.5. The van der Waals surface area contributed by atoms with Crippen molar-refractivity contribution in [2.75, 3.05) is 20.8 Å². The Morgan fingerprint density at radius 2 is 1.71 bits per heavy atom. The lowest BCUT2D eigenvalue weighted by Crippen LogP contribution is -2.34. The molecule has 0 aliphatic rings. The third-order valence-corrected chi connectivity index (χ3v) is 4.08. The molecule has 0 heterocycles. The summed E-state index contributed by atoms with van der Waals surface area (Å²) in [5, 5.41) is 13.9. The Kier molecular flexibility index (Phi) is 7.68. The molecule has 2 aromatic rings. The minimum Gasteiger partial charge on any atom is -0.550 e. The summed E-state index contributed by atoms with van der Waals surface area (Å²) in [7, 11) is 2.97. The zero-order chi connectivity index (χ0) is 20.5. The van der Waals surface area contributed by atoms with E-state index in [9.17, 15) is 14.7 Å². The Morgan fingerprint density at radius 3 is 2.29 bits per heavy atom. The Morgan fingerprint density at radius 1 is 1.04 bits per heavy atom. The highest BCUT2D eigenvalue weighted by Gasteiger charge is 2.18. The first kappa shape index (κ1) is 21.1. The molecule has 0 bridgehead atoms. The zero-order valence-corrected chi connectivity index (χ0v) is 16.2. The summed E-state index contributed by atoms with van der Waals surface area (Å²) < 4.78 is 15.9. The fraction of sp³-hybridized carbons (Fsp3) is 0.333. The van der Waals surface area contributed by atoms with Crippen molar-refractivity contribution in [2.45, 2.75) is 25.8 Å². The molecule has 0 saturated heterocycles. The largest absolute Gasteiger partial charge is 0.550 e. The van der Waals surface area contributed by atoms with Crippen molar-refractivity contribution in [3.05, 3.63) is 53.6 Å². The molecule has 1 unspecified atom stereocenters. The quantitative estimate of drug-likeness (QED) is 0.672. The summed E-state index contributed by atoms with van der Waals surface area (Å²) in [6.07, 6.45) is 0.532. The van der Waals surface area contributed by atoms with Crippen molar-refractivity contribution < 1.29 is 28.9 Å². The number of hydrogen-bond donors (Lipinski definition) is 1. The van der Waals surface area contributed by atoms with Gasteiger partial charge in [-0.3, -0.25) is 4.79 Å². The third-order valence-electron chi connectivity index (χ3n) is 4.08. The Hall–Kier alpha value is -3.22. The SMILES string of the molecule is CCCOc1ccc(C(CC(=O)[O-])NC(=O)c2ccc(OC)c(OC)c2)cc1. The van der Waals surface area contributed by atoms with E-state index >= 15 is 0 Å². The van der Waals surface area contributed by atoms with Crippen LogP contribution in [-0.4, -0.2) is 32.7 Å². The molecule has 0 spiro atoms. The highest BCUT2D eigenvalue weighted by Crippen LogP contribution is 2.28. The van der Waals surface area contributed by atoms with E-state index in [0.717, 1.165) is 6.42 Å². The molecule has 0 aromatic heterocycles. The van der Waals surface area contributed by atoms with Crippen LogP contribution < -0.4 is 24.6 Å². The van der Waals surface area contributed by atoms with Gasteiger partial charge in [0.2, 0.25) is 0 Å². The number of carboxylic acids is 1. The smallest absolute Gasteiger partial charge is 0.251 e. The predicted octanol–water partition coefficient (Wildman–Crippen LogP) is 2.10. The molecule has 7 nitrogen and oxygen atoms in total. The van der Waals surface area contributed by atoms with Gasteiger partial charge in [0.25, 0.3) is 5.91 Å². The Bertz CT molecular complexity index is 803. The third kappa shape index (κ3) is 5.64. The van der Waals surface area contributed by atoms with Crippen molar-refractivity contribution in [1.82, 2.24) is 5.32 Å². The molecular formula is C21H24NO6-. The highest BCUT2D eigenvalue weighted by atomic mass is 16.5. The lowest BCUT2D eigenvalue weighted by Gasteiger charge is -2.20. The van der Waals surface area contributed by atoms with Crippen LogP contribution in [0.25, 0.3) is 0 Å². The molecule has 0 saturated carbocycles. The molecule has 2 rings (SSSR count). The normalized spacial score (nSPS) is 11.4. The van der Waals surface area contributed by atoms with Gasteiger partial charge in [-0.05, 0) is 42.3 Å². The van der Waals surface area contributed by atoms with Gasteiger partial charge in [0.05, 0.1) is 26.9 Å². The molecule has 28 heavy (non-hydrogen) atoms. The maximum atomic E-state index is 12.6. The second-order valence-electron chi connectivity index (χ2n) is 6.09. The summed E-state index contributed by atoms with van der Waals surface area (Å²) in [6, 6.07) is 10.9. The van der Waals surface area contributed by atoms with Crippen LogP contribution in [0, 0.1) is 0 Å². The van der Waals surface area contributed by atoms with E-state index in [1.54, 1.807) is 36.4 Å². The predicted molar refractivity (Wildman–Crippen MR) is 102 cm³/mol. The van der Waals surface area contributed by atoms with Crippen LogP contribution in [-0.2, 0) is 4.79 Å². The highest BCUT2D eigenvalue weighted by molar-refractivity contribution is 5.95. The number of carbonyl (C=O) groups excluding carboxylic acids is 2. The number of nitrogens with one attached hydrogen (secondary N) is 1. The molecule has 1 amide bonds. The zero-order valence-electron chi connectivity index (χ0n) is 16.2. The average molecular weight is 386 g/mol. The average Bonchev–Trinajstić information content (AvgIpc) is 2.71. The van der Waals surface area contributed by atoms with Gasteiger partial charge >= 0.3 is 0 Å². The molecule has 0 radical (unpaired) electrons. The van der Waals surface area contributed by atoms with Crippen molar-refractivity contribution in [2.24, 2.45) is 0 Å². The topological polar surface area (TPSA) is 96.9 Å². The molecule has 0 fully saturated rings. The molecule has 0 aliphatic carbocycles. The fourth-order valence-electron chi connectivity index (χ4n) is 2.65. The van der Waals surface area contributed by atoms with Crippen molar-refractivity contribution in [1.29, 1.82) is 0 Å². The molecule has 1 atom stereocenters. The number of aliphatic carboxylic acids is 1. The summed E-state index contributed by atoms with van der Waals surface area (Å²) >= 11 is 0. The van der Waals surface area contributed by atoms with E-state index in [2.05, 4.69) is 5.32 Å². The number of methoxy groups -OCH3 is 2. The monoisotopic (exact) mass is 386 g/mol. The van der Waals surface area contributed by atoms with Crippen LogP contribution in [0.1, 0.15) is 41.7 Å². The second-order valence-corrected chi connectivity index (χ2v) is 6.09. The van der Waals surface area contributed by atoms with Gasteiger partial charge in [-0.1, -0.05) is 19.1 Å². The molecule has 1 N–H and O–H groups in total. The maximum absolute atomic E-state index is 12.6. The summed E-state index contributed by atoms with van der Waals surface area (Å²) in [6.45, 7) is 2.60. The Balaban J connectivity index is 2.19. The standard InChI is InChI=1S/C21H25NO6/c1-4-11-28-16-8-5-14(6-9-16)17(13-20(23)24)22-21(25)15-7-10-18(26-2)19(12-15)27-3/h5-10,12,17H,4,11,13H2,1-3H3,(H,22,25)(H,23,24)/p-1. The molecule has 0 aliphatic heterocycles. The fourth-order valence-corrected chi connectivity index (χ4v) is 2.65. The molecular weight excluding hydrogens is 362 g/mol. The minimum absolute atomic E-state index is 0.323. The lowest BCUT2D eigenvalue weighted by atomic mass is 10.0. The number of amides is 1. The number of benzene rings is 2. The van der Waals surface area contributed by atoms with Crippen molar-refractivity contribution >= 4 is 11.9 Å². The van der Waals surface area contributed by atoms with Crippen LogP contribution in [0.4, 0.5) is 0 Å². The number of carboxylic acid groups (broad SMARTS) is 1. The number of rotatable bonds is 10. The van der Waals surface area contributed by atoms with Crippen LogP contribution in [0.15, 0.2) is 42.5 Å². The van der Waals surface area contributed by atoms with Gasteiger partial charge in [-0.2, -0.15) is 0 Å². The van der Waals surface area contributed by atoms with Crippen LogP contribution in [0.2, 0.25) is 0 Å². The second kappa shape index (κ2) is 10.2. The van der Waals surface area contributed by atoms with Gasteiger partial charge in [-0.15, -0.1) is 0 Å². The number of carbonyl (C=O) groups is 2. The number of ether oxygens (including phenoxy) is 3. The van der Waals surface area contributed by atoms with Gasteiger partial charge in [-0.25, -0.2) is 0 Å². The van der Waals surface area contributed by atoms with Gasteiger partial charge in [0.15, 0.2) is 11.5 Å². The van der Waals surface area contributed by atoms with E-state index in [4.69, 9.17) is 14.2 Å². The van der Waals surface area contributed by atoms with Gasteiger partial charge in [0.1, 0.15) is 5.75 Å². The van der Waals surface area contributed by atoms with Crippen molar-refractivity contribution in [3.63, 3.8) is 0 Å². The van der Waals surface area contributed by atoms with Gasteiger partial charge < -0.3 is 29.4 Å². The number of hydrogen-bond acceptors (Lipinski definition) is 6. The van der Waals surface area contributed by atoms with Gasteiger partial charge in [0, 0.05) is 18.0 Å². The maximum Gasteiger partial charge on any atom is 0.251 e. The van der Waals surface area contributed by atoms with Crippen LogP contribution in [0.3, 0.4) is 0 Å². The Labute approximate surface area is 164 Å². The van der Waals surface area contributed by atoms with E-state index in [-0.39, 0.29) is 6.42 Å².